The molecule has 0 bridgehead atoms. The van der Waals surface area contributed by atoms with Crippen LogP contribution < -0.4 is 0 Å². The Kier molecular flexibility index (Phi) is 3.99. The molecule has 0 atom stereocenters. The minimum absolute atomic E-state index is 0.949. The van der Waals surface area contributed by atoms with Gasteiger partial charge in [-0.25, -0.2) is 0 Å². The SMILES string of the molecule is Cc1cc(C)c(CBr)c(C)c1CBr. The van der Waals surface area contributed by atoms with Gasteiger partial charge in [0.2, 0.25) is 0 Å². The Balaban J connectivity index is 3.39. The van der Waals surface area contributed by atoms with Gasteiger partial charge in [0, 0.05) is 10.7 Å². The second-order valence-electron chi connectivity index (χ2n) is 3.36. The molecule has 0 fully saturated rings. The van der Waals surface area contributed by atoms with Crippen molar-refractivity contribution in [3.63, 3.8) is 0 Å². The van der Waals surface area contributed by atoms with E-state index in [0.29, 0.717) is 0 Å². The normalized spacial score (nSPS) is 10.5. The Morgan fingerprint density at radius 2 is 1.31 bits per heavy atom. The van der Waals surface area contributed by atoms with Gasteiger partial charge < -0.3 is 0 Å². The fourth-order valence-electron chi connectivity index (χ4n) is 1.68. The fourth-order valence-corrected chi connectivity index (χ4v) is 3.41. The first-order valence-electron chi connectivity index (χ1n) is 4.32. The highest BCUT2D eigenvalue weighted by atomic mass is 79.9. The molecule has 0 aliphatic rings. The maximum Gasteiger partial charge on any atom is 0.0288 e. The van der Waals surface area contributed by atoms with Crippen LogP contribution in [0.4, 0.5) is 0 Å². The first-order valence-corrected chi connectivity index (χ1v) is 6.56. The first kappa shape index (κ1) is 11.3. The van der Waals surface area contributed by atoms with E-state index in [1.165, 1.54) is 27.8 Å². The standard InChI is InChI=1S/C11H14Br2/c1-7-4-8(2)11(6-13)9(3)10(7)5-12/h4H,5-6H2,1-3H3. The van der Waals surface area contributed by atoms with Gasteiger partial charge in [-0.15, -0.1) is 0 Å². The summed E-state index contributed by atoms with van der Waals surface area (Å²) in [4.78, 5) is 0. The van der Waals surface area contributed by atoms with Crippen molar-refractivity contribution in [3.05, 3.63) is 33.9 Å². The Bertz CT molecular complexity index is 288. The molecular weight excluding hydrogens is 292 g/mol. The van der Waals surface area contributed by atoms with Crippen LogP contribution in [0.3, 0.4) is 0 Å². The van der Waals surface area contributed by atoms with Gasteiger partial charge in [0.15, 0.2) is 0 Å². The van der Waals surface area contributed by atoms with E-state index in [1.807, 2.05) is 0 Å². The second-order valence-corrected chi connectivity index (χ2v) is 4.48. The first-order chi connectivity index (χ1) is 6.11. The summed E-state index contributed by atoms with van der Waals surface area (Å²) in [5.41, 5.74) is 7.06. The van der Waals surface area contributed by atoms with Crippen LogP contribution in [0.25, 0.3) is 0 Å². The maximum atomic E-state index is 3.53. The number of hydrogen-bond acceptors (Lipinski definition) is 0. The maximum absolute atomic E-state index is 3.53. The van der Waals surface area contributed by atoms with E-state index >= 15 is 0 Å². The lowest BCUT2D eigenvalue weighted by molar-refractivity contribution is 1.16. The van der Waals surface area contributed by atoms with E-state index < -0.39 is 0 Å². The van der Waals surface area contributed by atoms with Crippen molar-refractivity contribution < 1.29 is 0 Å². The topological polar surface area (TPSA) is 0 Å². The molecule has 0 N–H and O–H groups in total. The average Bonchev–Trinajstić information content (AvgIpc) is 2.04. The molecule has 0 aliphatic carbocycles. The summed E-state index contributed by atoms with van der Waals surface area (Å²) >= 11 is 7.06. The molecule has 0 amide bonds. The molecule has 0 aromatic heterocycles. The van der Waals surface area contributed by atoms with Crippen LogP contribution in [0.15, 0.2) is 6.07 Å². The summed E-state index contributed by atoms with van der Waals surface area (Å²) in [5, 5.41) is 1.90. The minimum Gasteiger partial charge on any atom is -0.0876 e. The molecule has 1 aromatic rings. The third-order valence-corrected chi connectivity index (χ3v) is 3.68. The number of hydrogen-bond donors (Lipinski definition) is 0. The third kappa shape index (κ3) is 2.16. The summed E-state index contributed by atoms with van der Waals surface area (Å²) < 4.78 is 0. The molecule has 0 spiro atoms. The Morgan fingerprint density at radius 3 is 1.62 bits per heavy atom. The lowest BCUT2D eigenvalue weighted by atomic mass is 9.95. The molecule has 72 valence electrons. The molecule has 1 aromatic carbocycles. The predicted molar refractivity (Wildman–Crippen MR) is 65.9 cm³/mol. The second kappa shape index (κ2) is 4.61. The lowest BCUT2D eigenvalue weighted by Crippen LogP contribution is -1.98. The van der Waals surface area contributed by atoms with Crippen LogP contribution in [0, 0.1) is 20.8 Å². The van der Waals surface area contributed by atoms with Crippen molar-refractivity contribution in [2.24, 2.45) is 0 Å². The third-order valence-electron chi connectivity index (χ3n) is 2.56. The van der Waals surface area contributed by atoms with Gasteiger partial charge in [-0.1, -0.05) is 37.9 Å². The monoisotopic (exact) mass is 304 g/mol. The highest BCUT2D eigenvalue weighted by Crippen LogP contribution is 2.25. The van der Waals surface area contributed by atoms with Gasteiger partial charge in [-0.05, 0) is 48.6 Å². The summed E-state index contributed by atoms with van der Waals surface area (Å²) in [6, 6.07) is 2.26. The van der Waals surface area contributed by atoms with Crippen LogP contribution in [-0.2, 0) is 10.7 Å². The Hall–Kier alpha value is 0.180. The zero-order chi connectivity index (χ0) is 10.0. The molecule has 1 rings (SSSR count). The molecule has 2 heteroatoms. The quantitative estimate of drug-likeness (QED) is 0.710. The molecular formula is C11H14Br2. The summed E-state index contributed by atoms with van der Waals surface area (Å²) in [6.45, 7) is 6.55. The van der Waals surface area contributed by atoms with Gasteiger partial charge in [0.1, 0.15) is 0 Å². The van der Waals surface area contributed by atoms with Crippen LogP contribution in [0.1, 0.15) is 27.8 Å². The van der Waals surface area contributed by atoms with Crippen molar-refractivity contribution in [3.8, 4) is 0 Å². The number of benzene rings is 1. The van der Waals surface area contributed by atoms with Gasteiger partial charge in [-0.3, -0.25) is 0 Å². The van der Waals surface area contributed by atoms with Crippen molar-refractivity contribution in [2.45, 2.75) is 31.4 Å². The van der Waals surface area contributed by atoms with Crippen LogP contribution in [0.5, 0.6) is 0 Å². The molecule has 0 nitrogen and oxygen atoms in total. The van der Waals surface area contributed by atoms with E-state index in [2.05, 4.69) is 58.7 Å². The minimum atomic E-state index is 0.949. The van der Waals surface area contributed by atoms with Crippen molar-refractivity contribution in [1.29, 1.82) is 0 Å². The van der Waals surface area contributed by atoms with Crippen LogP contribution >= 0.6 is 31.9 Å². The molecule has 0 unspecified atom stereocenters. The van der Waals surface area contributed by atoms with Crippen molar-refractivity contribution >= 4 is 31.9 Å². The molecule has 0 aliphatic heterocycles. The number of alkyl halides is 2. The van der Waals surface area contributed by atoms with Gasteiger partial charge in [-0.2, -0.15) is 0 Å². The molecule has 0 heterocycles. The van der Waals surface area contributed by atoms with E-state index in [0.717, 1.165) is 10.7 Å². The van der Waals surface area contributed by atoms with Crippen molar-refractivity contribution in [2.75, 3.05) is 0 Å². The Morgan fingerprint density at radius 1 is 0.923 bits per heavy atom. The van der Waals surface area contributed by atoms with Gasteiger partial charge in [0.05, 0.1) is 0 Å². The van der Waals surface area contributed by atoms with E-state index in [1.54, 1.807) is 0 Å². The predicted octanol–water partition coefficient (Wildman–Crippen LogP) is 4.40. The molecule has 0 radical (unpaired) electrons. The number of aryl methyl sites for hydroxylation is 2. The highest BCUT2D eigenvalue weighted by molar-refractivity contribution is 9.08. The van der Waals surface area contributed by atoms with Crippen molar-refractivity contribution in [1.82, 2.24) is 0 Å². The molecule has 13 heavy (non-hydrogen) atoms. The number of rotatable bonds is 2. The average molecular weight is 306 g/mol. The highest BCUT2D eigenvalue weighted by Gasteiger charge is 2.08. The summed E-state index contributed by atoms with van der Waals surface area (Å²) in [5.74, 6) is 0. The summed E-state index contributed by atoms with van der Waals surface area (Å²) in [7, 11) is 0. The Labute approximate surface area is 97.0 Å². The van der Waals surface area contributed by atoms with E-state index in [4.69, 9.17) is 0 Å². The van der Waals surface area contributed by atoms with Crippen LogP contribution in [-0.4, -0.2) is 0 Å². The van der Waals surface area contributed by atoms with E-state index in [9.17, 15) is 0 Å². The smallest absolute Gasteiger partial charge is 0.0288 e. The van der Waals surface area contributed by atoms with Crippen LogP contribution in [0.2, 0.25) is 0 Å². The zero-order valence-corrected chi connectivity index (χ0v) is 11.4. The molecule has 0 saturated carbocycles. The fraction of sp³-hybridized carbons (Fsp3) is 0.455. The lowest BCUT2D eigenvalue weighted by Gasteiger charge is -2.14. The zero-order valence-electron chi connectivity index (χ0n) is 8.25. The molecule has 0 saturated heterocycles. The largest absolute Gasteiger partial charge is 0.0876 e. The van der Waals surface area contributed by atoms with Gasteiger partial charge >= 0.3 is 0 Å². The van der Waals surface area contributed by atoms with Gasteiger partial charge in [0.25, 0.3) is 0 Å². The number of halogens is 2. The summed E-state index contributed by atoms with van der Waals surface area (Å²) in [6.07, 6.45) is 0. The van der Waals surface area contributed by atoms with E-state index in [-0.39, 0.29) is 0 Å².